The maximum absolute atomic E-state index is 13.8. The molecule has 0 bridgehead atoms. The van der Waals surface area contributed by atoms with E-state index in [0.717, 1.165) is 16.6 Å². The molecule has 10 nitrogen and oxygen atoms in total. The molecule has 208 valence electrons. The number of nitro benzene ring substituents is 1. The van der Waals surface area contributed by atoms with Gasteiger partial charge in [-0.1, -0.05) is 49.2 Å². The van der Waals surface area contributed by atoms with E-state index in [9.17, 15) is 28.1 Å². The minimum Gasteiger partial charge on any atom is -0.352 e. The number of nitrogens with one attached hydrogen (secondary N) is 1. The van der Waals surface area contributed by atoms with Crippen molar-refractivity contribution in [1.82, 2.24) is 10.2 Å². The van der Waals surface area contributed by atoms with E-state index in [-0.39, 0.29) is 40.4 Å². The molecule has 2 atom stereocenters. The number of non-ortho nitro benzene ring substituents is 1. The Balaban J connectivity index is 2.59. The first kappa shape index (κ1) is 31.3. The zero-order valence-corrected chi connectivity index (χ0v) is 24.2. The minimum atomic E-state index is -4.07. The van der Waals surface area contributed by atoms with Crippen LogP contribution in [0.25, 0.3) is 0 Å². The number of hydrogen-bond acceptors (Lipinski definition) is 6. The fourth-order valence-corrected chi connectivity index (χ4v) is 5.21. The van der Waals surface area contributed by atoms with Crippen LogP contribution in [-0.4, -0.2) is 54.9 Å². The summed E-state index contributed by atoms with van der Waals surface area (Å²) in [6.07, 6.45) is 1.80. The van der Waals surface area contributed by atoms with Crippen molar-refractivity contribution in [3.05, 3.63) is 67.7 Å². The first-order valence-corrected chi connectivity index (χ1v) is 14.6. The van der Waals surface area contributed by atoms with Gasteiger partial charge in [0.1, 0.15) is 12.6 Å². The molecule has 0 heterocycles. The molecule has 0 aliphatic rings. The number of sulfonamides is 1. The predicted molar refractivity (Wildman–Crippen MR) is 149 cm³/mol. The molecule has 2 rings (SSSR count). The van der Waals surface area contributed by atoms with Crippen molar-refractivity contribution >= 4 is 56.4 Å². The van der Waals surface area contributed by atoms with Gasteiger partial charge in [-0.05, 0) is 44.4 Å². The van der Waals surface area contributed by atoms with Crippen molar-refractivity contribution in [2.24, 2.45) is 0 Å². The van der Waals surface area contributed by atoms with Gasteiger partial charge in [-0.25, -0.2) is 8.42 Å². The molecule has 13 heteroatoms. The van der Waals surface area contributed by atoms with Crippen LogP contribution in [0.2, 0.25) is 10.0 Å². The molecule has 2 amide bonds. The Morgan fingerprint density at radius 1 is 1.11 bits per heavy atom. The number of benzene rings is 2. The van der Waals surface area contributed by atoms with Crippen molar-refractivity contribution in [3.8, 4) is 0 Å². The van der Waals surface area contributed by atoms with Gasteiger partial charge < -0.3 is 10.2 Å². The number of anilines is 1. The van der Waals surface area contributed by atoms with Crippen LogP contribution < -0.4 is 9.62 Å². The molecule has 0 spiro atoms. The normalized spacial score (nSPS) is 12.9. The highest BCUT2D eigenvalue weighted by Gasteiger charge is 2.33. The van der Waals surface area contributed by atoms with Crippen LogP contribution in [0.5, 0.6) is 0 Å². The number of nitro groups is 1. The van der Waals surface area contributed by atoms with Gasteiger partial charge in [-0.15, -0.1) is 0 Å². The van der Waals surface area contributed by atoms with E-state index in [2.05, 4.69) is 5.32 Å². The number of amides is 2. The van der Waals surface area contributed by atoms with E-state index in [1.54, 1.807) is 32.0 Å². The molecule has 0 saturated carbocycles. The van der Waals surface area contributed by atoms with Gasteiger partial charge in [0.2, 0.25) is 21.8 Å². The lowest BCUT2D eigenvalue weighted by atomic mass is 10.1. The quantitative estimate of drug-likeness (QED) is 0.283. The number of nitrogens with zero attached hydrogens (tertiary/aromatic N) is 3. The van der Waals surface area contributed by atoms with E-state index >= 15 is 0 Å². The first-order valence-electron chi connectivity index (χ1n) is 12.0. The summed E-state index contributed by atoms with van der Waals surface area (Å²) in [6.45, 7) is 6.19. The van der Waals surface area contributed by atoms with Gasteiger partial charge in [0.25, 0.3) is 5.69 Å². The summed E-state index contributed by atoms with van der Waals surface area (Å²) in [6, 6.07) is 7.48. The van der Waals surface area contributed by atoms with Gasteiger partial charge in [0.05, 0.1) is 16.9 Å². The molecular weight excluding hydrogens is 555 g/mol. The van der Waals surface area contributed by atoms with Crippen LogP contribution >= 0.6 is 23.2 Å². The van der Waals surface area contributed by atoms with Crippen molar-refractivity contribution in [3.63, 3.8) is 0 Å². The summed E-state index contributed by atoms with van der Waals surface area (Å²) in [7, 11) is -4.07. The van der Waals surface area contributed by atoms with Crippen LogP contribution in [0.15, 0.2) is 36.4 Å². The van der Waals surface area contributed by atoms with E-state index in [0.29, 0.717) is 17.5 Å². The topological polar surface area (TPSA) is 130 Å². The van der Waals surface area contributed by atoms with Crippen molar-refractivity contribution in [1.29, 1.82) is 0 Å². The van der Waals surface area contributed by atoms with Crippen molar-refractivity contribution < 1.29 is 22.9 Å². The smallest absolute Gasteiger partial charge is 0.271 e. The van der Waals surface area contributed by atoms with Crippen molar-refractivity contribution in [2.75, 3.05) is 17.1 Å². The fourth-order valence-electron chi connectivity index (χ4n) is 3.79. The Kier molecular flexibility index (Phi) is 10.9. The lowest BCUT2D eigenvalue weighted by Gasteiger charge is -2.34. The fraction of sp³-hybridized carbons (Fsp3) is 0.440. The van der Waals surface area contributed by atoms with Crippen LogP contribution in [-0.2, 0) is 26.2 Å². The van der Waals surface area contributed by atoms with E-state index in [1.165, 1.54) is 17.0 Å². The maximum Gasteiger partial charge on any atom is 0.271 e. The predicted octanol–water partition coefficient (Wildman–Crippen LogP) is 4.70. The number of hydrogen-bond donors (Lipinski definition) is 1. The third kappa shape index (κ3) is 7.81. The van der Waals surface area contributed by atoms with Gasteiger partial charge in [0.15, 0.2) is 0 Å². The molecule has 0 aliphatic heterocycles. The molecule has 0 saturated heterocycles. The summed E-state index contributed by atoms with van der Waals surface area (Å²) < 4.78 is 26.4. The van der Waals surface area contributed by atoms with Crippen LogP contribution in [0.3, 0.4) is 0 Å². The number of aryl methyl sites for hydroxylation is 1. The molecule has 1 N–H and O–H groups in total. The van der Waals surface area contributed by atoms with Crippen LogP contribution in [0, 0.1) is 17.0 Å². The monoisotopic (exact) mass is 586 g/mol. The van der Waals surface area contributed by atoms with Crippen LogP contribution in [0.1, 0.15) is 44.7 Å². The Morgan fingerprint density at radius 2 is 1.71 bits per heavy atom. The number of rotatable bonds is 12. The number of carbonyl (C=O) groups excluding carboxylic acids is 2. The summed E-state index contributed by atoms with van der Waals surface area (Å²) in [5, 5.41) is 14.8. The molecule has 38 heavy (non-hydrogen) atoms. The first-order chi connectivity index (χ1) is 17.7. The number of carbonyl (C=O) groups is 2. The Bertz CT molecular complexity index is 1280. The van der Waals surface area contributed by atoms with E-state index in [4.69, 9.17) is 23.2 Å². The molecule has 2 aromatic rings. The average molecular weight is 588 g/mol. The average Bonchev–Trinajstić information content (AvgIpc) is 2.83. The van der Waals surface area contributed by atoms with Crippen LogP contribution in [0.4, 0.5) is 11.4 Å². The van der Waals surface area contributed by atoms with Gasteiger partial charge in [0, 0.05) is 40.3 Å². The molecular formula is C25H32Cl2N4O6S. The second-order valence-electron chi connectivity index (χ2n) is 8.96. The highest BCUT2D eigenvalue weighted by Crippen LogP contribution is 2.30. The zero-order chi connectivity index (χ0) is 28.8. The second-order valence-corrected chi connectivity index (χ2v) is 11.7. The standard InChI is InChI=1S/C25H32Cl2N4O6S/c1-6-17(4)28-25(33)22(7-2)29(14-19-20(26)9-8-10-21(19)27)24(32)15-30(38(5,36)37)23-13-18(31(34)35)12-11-16(23)3/h8-13,17,22H,6-7,14-15H2,1-5H3,(H,28,33)/t17-,22-/m1/s1. The van der Waals surface area contributed by atoms with E-state index < -0.39 is 39.3 Å². The molecule has 0 fully saturated rings. The third-order valence-electron chi connectivity index (χ3n) is 6.13. The summed E-state index contributed by atoms with van der Waals surface area (Å²) in [4.78, 5) is 38.9. The molecule has 0 unspecified atom stereocenters. The molecule has 0 aromatic heterocycles. The lowest BCUT2D eigenvalue weighted by Crippen LogP contribution is -2.53. The molecule has 0 aliphatic carbocycles. The molecule has 2 aromatic carbocycles. The Hall–Kier alpha value is -2.89. The Labute approximate surface area is 233 Å². The number of halogens is 2. The largest absolute Gasteiger partial charge is 0.352 e. The Morgan fingerprint density at radius 3 is 2.21 bits per heavy atom. The third-order valence-corrected chi connectivity index (χ3v) is 7.96. The molecule has 0 radical (unpaired) electrons. The second kappa shape index (κ2) is 13.3. The van der Waals surface area contributed by atoms with Gasteiger partial charge in [-0.2, -0.15) is 0 Å². The van der Waals surface area contributed by atoms with Crippen molar-refractivity contribution in [2.45, 2.75) is 59.2 Å². The van der Waals surface area contributed by atoms with Gasteiger partial charge in [-0.3, -0.25) is 24.0 Å². The van der Waals surface area contributed by atoms with Gasteiger partial charge >= 0.3 is 0 Å². The highest BCUT2D eigenvalue weighted by molar-refractivity contribution is 7.92. The highest BCUT2D eigenvalue weighted by atomic mass is 35.5. The summed E-state index contributed by atoms with van der Waals surface area (Å²) >= 11 is 12.7. The SMILES string of the molecule is CC[C@@H](C)NC(=O)[C@@H](CC)N(Cc1c(Cl)cccc1Cl)C(=O)CN(c1cc([N+](=O)[O-])ccc1C)S(C)(=O)=O. The minimum absolute atomic E-state index is 0.0112. The maximum atomic E-state index is 13.8. The summed E-state index contributed by atoms with van der Waals surface area (Å²) in [5.41, 5.74) is 0.473. The summed E-state index contributed by atoms with van der Waals surface area (Å²) in [5.74, 6) is -1.11. The lowest BCUT2D eigenvalue weighted by molar-refractivity contribution is -0.384. The zero-order valence-electron chi connectivity index (χ0n) is 21.9. The van der Waals surface area contributed by atoms with E-state index in [1.807, 2.05) is 13.8 Å².